The summed E-state index contributed by atoms with van der Waals surface area (Å²) in [6.45, 7) is 4.05. The molecular formula is C8H16N2O2. The predicted octanol–water partition coefficient (Wildman–Crippen LogP) is 0.389. The summed E-state index contributed by atoms with van der Waals surface area (Å²) in [6.07, 6.45) is 0.169. The summed E-state index contributed by atoms with van der Waals surface area (Å²) in [6, 6.07) is 0.0742. The first-order valence-corrected chi connectivity index (χ1v) is 4.19. The predicted molar refractivity (Wildman–Crippen MR) is 46.1 cm³/mol. The van der Waals surface area contributed by atoms with Crippen LogP contribution in [-0.4, -0.2) is 55.7 Å². The molecule has 0 N–H and O–H groups in total. The molecule has 0 aromatic rings. The summed E-state index contributed by atoms with van der Waals surface area (Å²) in [4.78, 5) is 14.8. The lowest BCUT2D eigenvalue weighted by Gasteiger charge is -2.32. The van der Waals surface area contributed by atoms with Gasteiger partial charge in [-0.15, -0.1) is 0 Å². The molecule has 0 saturated carbocycles. The Labute approximate surface area is 73.1 Å². The van der Waals surface area contributed by atoms with Crippen molar-refractivity contribution in [3.63, 3.8) is 0 Å². The zero-order valence-electron chi connectivity index (χ0n) is 7.91. The van der Waals surface area contributed by atoms with E-state index < -0.39 is 0 Å². The van der Waals surface area contributed by atoms with Crippen LogP contribution in [0.3, 0.4) is 0 Å². The van der Waals surface area contributed by atoms with Crippen LogP contribution < -0.4 is 0 Å². The molecule has 1 fully saturated rings. The molecule has 0 aromatic carbocycles. The molecule has 1 atom stereocenters. The molecule has 1 unspecified atom stereocenters. The minimum Gasteiger partial charge on any atom is -0.375 e. The minimum absolute atomic E-state index is 0.0742. The van der Waals surface area contributed by atoms with Crippen LogP contribution in [0.25, 0.3) is 0 Å². The van der Waals surface area contributed by atoms with Crippen LogP contribution in [-0.2, 0) is 4.74 Å². The highest BCUT2D eigenvalue weighted by Gasteiger charge is 2.21. The van der Waals surface area contributed by atoms with E-state index in [4.69, 9.17) is 4.74 Å². The summed E-state index contributed by atoms with van der Waals surface area (Å²) in [7, 11) is 3.53. The third-order valence-electron chi connectivity index (χ3n) is 1.89. The number of carbonyl (C=O) groups excluding carboxylic acids is 1. The Bertz CT molecular complexity index is 170. The van der Waals surface area contributed by atoms with Crippen molar-refractivity contribution >= 4 is 6.03 Å². The van der Waals surface area contributed by atoms with Crippen LogP contribution >= 0.6 is 0 Å². The van der Waals surface area contributed by atoms with E-state index in [0.717, 1.165) is 0 Å². The fourth-order valence-corrected chi connectivity index (χ4v) is 1.28. The van der Waals surface area contributed by atoms with Crippen LogP contribution in [0.4, 0.5) is 4.79 Å². The normalized spacial score (nSPS) is 23.9. The van der Waals surface area contributed by atoms with Crippen LogP contribution in [0, 0.1) is 0 Å². The van der Waals surface area contributed by atoms with E-state index in [1.54, 1.807) is 19.0 Å². The number of rotatable bonds is 0. The fraction of sp³-hybridized carbons (Fsp3) is 0.875. The van der Waals surface area contributed by atoms with Crippen molar-refractivity contribution in [1.29, 1.82) is 0 Å². The van der Waals surface area contributed by atoms with Crippen LogP contribution in [0.5, 0.6) is 0 Å². The number of morpholine rings is 1. The average molecular weight is 172 g/mol. The van der Waals surface area contributed by atoms with Gasteiger partial charge in [0, 0.05) is 27.2 Å². The molecule has 0 aromatic heterocycles. The molecule has 12 heavy (non-hydrogen) atoms. The second kappa shape index (κ2) is 3.76. The molecule has 0 bridgehead atoms. The zero-order valence-corrected chi connectivity index (χ0v) is 7.91. The van der Waals surface area contributed by atoms with Gasteiger partial charge in [-0.05, 0) is 6.92 Å². The zero-order chi connectivity index (χ0) is 9.14. The van der Waals surface area contributed by atoms with Gasteiger partial charge in [0.25, 0.3) is 0 Å². The van der Waals surface area contributed by atoms with Crippen molar-refractivity contribution in [2.75, 3.05) is 33.8 Å². The Morgan fingerprint density at radius 1 is 1.58 bits per heavy atom. The van der Waals surface area contributed by atoms with Crippen LogP contribution in [0.1, 0.15) is 6.92 Å². The van der Waals surface area contributed by atoms with Gasteiger partial charge in [-0.3, -0.25) is 0 Å². The van der Waals surface area contributed by atoms with E-state index in [2.05, 4.69) is 0 Å². The van der Waals surface area contributed by atoms with Crippen LogP contribution in [0.2, 0.25) is 0 Å². The smallest absolute Gasteiger partial charge is 0.319 e. The SMILES string of the molecule is CC1CN(C(=O)N(C)C)CCO1. The van der Waals surface area contributed by atoms with E-state index in [-0.39, 0.29) is 12.1 Å². The fourth-order valence-electron chi connectivity index (χ4n) is 1.28. The van der Waals surface area contributed by atoms with E-state index in [1.807, 2.05) is 11.8 Å². The van der Waals surface area contributed by atoms with Gasteiger partial charge < -0.3 is 14.5 Å². The van der Waals surface area contributed by atoms with E-state index in [9.17, 15) is 4.79 Å². The van der Waals surface area contributed by atoms with Gasteiger partial charge in [0.15, 0.2) is 0 Å². The van der Waals surface area contributed by atoms with Gasteiger partial charge in [0.1, 0.15) is 0 Å². The van der Waals surface area contributed by atoms with Gasteiger partial charge in [-0.25, -0.2) is 4.79 Å². The first kappa shape index (κ1) is 9.32. The number of hydrogen-bond acceptors (Lipinski definition) is 2. The molecule has 4 nitrogen and oxygen atoms in total. The standard InChI is InChI=1S/C8H16N2O2/c1-7-6-10(4-5-12-7)8(11)9(2)3/h7H,4-6H2,1-3H3. The van der Waals surface area contributed by atoms with E-state index >= 15 is 0 Å². The maximum absolute atomic E-state index is 11.4. The average Bonchev–Trinajstić information content (AvgIpc) is 2.03. The Kier molecular flexibility index (Phi) is 2.92. The molecule has 1 rings (SSSR count). The van der Waals surface area contributed by atoms with Crippen molar-refractivity contribution < 1.29 is 9.53 Å². The Hall–Kier alpha value is -0.770. The number of urea groups is 1. The summed E-state index contributed by atoms with van der Waals surface area (Å²) >= 11 is 0. The molecule has 1 aliphatic rings. The molecule has 1 aliphatic heterocycles. The van der Waals surface area contributed by atoms with Crippen molar-refractivity contribution in [3.8, 4) is 0 Å². The number of ether oxygens (including phenoxy) is 1. The number of hydrogen-bond donors (Lipinski definition) is 0. The highest BCUT2D eigenvalue weighted by Crippen LogP contribution is 2.05. The first-order valence-electron chi connectivity index (χ1n) is 4.19. The minimum atomic E-state index is 0.0742. The monoisotopic (exact) mass is 172 g/mol. The van der Waals surface area contributed by atoms with Crippen molar-refractivity contribution in [1.82, 2.24) is 9.80 Å². The summed E-state index contributed by atoms with van der Waals surface area (Å²) in [5, 5.41) is 0. The molecule has 70 valence electrons. The molecule has 0 radical (unpaired) electrons. The Balaban J connectivity index is 2.46. The highest BCUT2D eigenvalue weighted by atomic mass is 16.5. The van der Waals surface area contributed by atoms with Gasteiger partial charge in [0.2, 0.25) is 0 Å². The van der Waals surface area contributed by atoms with Crippen molar-refractivity contribution in [2.45, 2.75) is 13.0 Å². The summed E-state index contributed by atoms with van der Waals surface area (Å²) < 4.78 is 5.33. The lowest BCUT2D eigenvalue weighted by atomic mass is 10.3. The quantitative estimate of drug-likeness (QED) is 0.529. The second-order valence-corrected chi connectivity index (χ2v) is 3.30. The first-order chi connectivity index (χ1) is 5.61. The number of amides is 2. The largest absolute Gasteiger partial charge is 0.375 e. The third-order valence-corrected chi connectivity index (χ3v) is 1.89. The van der Waals surface area contributed by atoms with Gasteiger partial charge >= 0.3 is 6.03 Å². The lowest BCUT2D eigenvalue weighted by Crippen LogP contribution is -2.48. The van der Waals surface area contributed by atoms with Crippen molar-refractivity contribution in [2.24, 2.45) is 0 Å². The lowest BCUT2D eigenvalue weighted by molar-refractivity contribution is -0.00721. The van der Waals surface area contributed by atoms with Gasteiger partial charge in [-0.2, -0.15) is 0 Å². The molecule has 1 saturated heterocycles. The summed E-state index contributed by atoms with van der Waals surface area (Å²) in [5.74, 6) is 0. The molecule has 0 aliphatic carbocycles. The third kappa shape index (κ3) is 2.11. The second-order valence-electron chi connectivity index (χ2n) is 3.30. The molecule has 0 spiro atoms. The van der Waals surface area contributed by atoms with E-state index in [1.165, 1.54) is 0 Å². The molecule has 2 amide bonds. The number of nitrogens with zero attached hydrogens (tertiary/aromatic N) is 2. The van der Waals surface area contributed by atoms with E-state index in [0.29, 0.717) is 19.7 Å². The topological polar surface area (TPSA) is 32.8 Å². The van der Waals surface area contributed by atoms with Gasteiger partial charge in [-0.1, -0.05) is 0 Å². The molecular weight excluding hydrogens is 156 g/mol. The van der Waals surface area contributed by atoms with Crippen LogP contribution in [0.15, 0.2) is 0 Å². The molecule has 4 heteroatoms. The van der Waals surface area contributed by atoms with Crippen molar-refractivity contribution in [3.05, 3.63) is 0 Å². The highest BCUT2D eigenvalue weighted by molar-refractivity contribution is 5.73. The number of carbonyl (C=O) groups is 1. The molecule has 1 heterocycles. The van der Waals surface area contributed by atoms with Gasteiger partial charge in [0.05, 0.1) is 12.7 Å². The maximum Gasteiger partial charge on any atom is 0.319 e. The summed E-state index contributed by atoms with van der Waals surface area (Å²) in [5.41, 5.74) is 0. The Morgan fingerprint density at radius 3 is 2.75 bits per heavy atom. The Morgan fingerprint density at radius 2 is 2.25 bits per heavy atom. The maximum atomic E-state index is 11.4.